The minimum Gasteiger partial charge on any atom is -0.494 e. The number of piperazine rings is 1. The van der Waals surface area contributed by atoms with Gasteiger partial charge in [0.1, 0.15) is 5.75 Å². The molecule has 4 aromatic rings. The maximum atomic E-state index is 11.7. The molecule has 0 amide bonds. The van der Waals surface area contributed by atoms with Crippen LogP contribution in [0.15, 0.2) is 64.7 Å². The normalized spacial score (nSPS) is 21.6. The number of aromatic nitrogens is 1. The van der Waals surface area contributed by atoms with E-state index in [9.17, 15) is 4.79 Å². The second kappa shape index (κ2) is 9.12. The van der Waals surface area contributed by atoms with Crippen LogP contribution in [0, 0.1) is 0 Å². The second-order valence-corrected chi connectivity index (χ2v) is 7.97. The van der Waals surface area contributed by atoms with Gasteiger partial charge in [-0.3, -0.25) is 9.69 Å². The Morgan fingerprint density at radius 1 is 1.10 bits per heavy atom. The maximum Gasteiger partial charge on any atom is 0.248 e. The van der Waals surface area contributed by atoms with Crippen molar-refractivity contribution in [2.45, 2.75) is 12.7 Å². The average Bonchev–Trinajstić information content (AvgIpc) is 3.38. The van der Waals surface area contributed by atoms with Crippen molar-refractivity contribution in [3.63, 3.8) is 0 Å². The molecule has 1 fully saturated rings. The van der Waals surface area contributed by atoms with Crippen LogP contribution in [-0.4, -0.2) is 49.1 Å². The molecule has 0 atom stereocenters. The molecule has 1 N–H and O–H groups in total. The van der Waals surface area contributed by atoms with Gasteiger partial charge in [0.15, 0.2) is 0 Å². The first kappa shape index (κ1) is 11.7. The number of rotatable bonds is 7. The summed E-state index contributed by atoms with van der Waals surface area (Å²) in [6.45, 7) is -5.86. The first-order valence-electron chi connectivity index (χ1n) is 14.9. The zero-order valence-corrected chi connectivity index (χ0v) is 17.4. The summed E-state index contributed by atoms with van der Waals surface area (Å²) in [4.78, 5) is 17.2. The quantitative estimate of drug-likeness (QED) is 0.449. The standard InChI is InChI=1S/C25H27N3O2S/c29-25-9-7-19-6-8-20(18-22(19)26-25)30-16-2-1-11-27-12-14-28(15-13-27)23-4-3-5-24-21(23)10-17-31-24/h3-10,17-18H,1-2,11-16H2,(H,26,29)/i1D2,2D2,4D,5D,11D2,16D2. The number of benzene rings is 2. The van der Waals surface area contributed by atoms with E-state index in [-0.39, 0.29) is 44.0 Å². The lowest BCUT2D eigenvalue weighted by molar-refractivity contribution is 0.239. The van der Waals surface area contributed by atoms with Crippen molar-refractivity contribution in [3.05, 3.63) is 70.3 Å². The van der Waals surface area contributed by atoms with Crippen LogP contribution in [0.25, 0.3) is 21.0 Å². The Kier molecular flexibility index (Phi) is 3.44. The highest BCUT2D eigenvalue weighted by atomic mass is 32.1. The zero-order valence-electron chi connectivity index (χ0n) is 26.6. The summed E-state index contributed by atoms with van der Waals surface area (Å²) in [5.74, 6) is -0.164. The molecule has 1 aliphatic heterocycles. The van der Waals surface area contributed by atoms with E-state index in [1.165, 1.54) is 41.7 Å². The predicted octanol–water partition coefficient (Wildman–Crippen LogP) is 4.72. The number of anilines is 1. The zero-order chi connectivity index (χ0) is 30.0. The third kappa shape index (κ3) is 4.60. The highest BCUT2D eigenvalue weighted by Gasteiger charge is 2.18. The fraction of sp³-hybridized carbons (Fsp3) is 0.320. The van der Waals surface area contributed by atoms with Crippen molar-refractivity contribution in [3.8, 4) is 5.75 Å². The number of nitrogens with one attached hydrogen (secondary N) is 1. The Labute approximate surface area is 199 Å². The summed E-state index contributed by atoms with van der Waals surface area (Å²) in [5, 5.41) is 3.21. The number of ether oxygens (including phenoxy) is 1. The third-order valence-electron chi connectivity index (χ3n) is 5.12. The molecule has 0 unspecified atom stereocenters. The van der Waals surface area contributed by atoms with Crippen LogP contribution in [0.5, 0.6) is 5.75 Å². The largest absolute Gasteiger partial charge is 0.494 e. The first-order valence-corrected chi connectivity index (χ1v) is 10.7. The summed E-state index contributed by atoms with van der Waals surface area (Å²) in [5.41, 5.74) is 0.525. The Morgan fingerprint density at radius 3 is 2.87 bits per heavy atom. The van der Waals surface area contributed by atoms with Gasteiger partial charge in [-0.25, -0.2) is 0 Å². The van der Waals surface area contributed by atoms with Crippen LogP contribution in [-0.2, 0) is 0 Å². The lowest BCUT2D eigenvalue weighted by Crippen LogP contribution is -2.46. The molecule has 0 radical (unpaired) electrons. The average molecular weight is 444 g/mol. The molecule has 1 saturated heterocycles. The van der Waals surface area contributed by atoms with Crippen LogP contribution in [0.1, 0.15) is 26.5 Å². The topological polar surface area (TPSA) is 48.6 Å². The minimum absolute atomic E-state index is 0.0157. The summed E-state index contributed by atoms with van der Waals surface area (Å²) in [6.07, 6.45) is -6.86. The lowest BCUT2D eigenvalue weighted by atomic mass is 10.2. The van der Waals surface area contributed by atoms with Crippen molar-refractivity contribution in [2.24, 2.45) is 0 Å². The van der Waals surface area contributed by atoms with Gasteiger partial charge in [0, 0.05) is 62.3 Å². The Hall–Kier alpha value is -2.83. The highest BCUT2D eigenvalue weighted by molar-refractivity contribution is 7.17. The van der Waals surface area contributed by atoms with Gasteiger partial charge >= 0.3 is 0 Å². The van der Waals surface area contributed by atoms with Crippen molar-refractivity contribution in [2.75, 3.05) is 44.1 Å². The second-order valence-electron chi connectivity index (χ2n) is 7.06. The molecular weight excluding hydrogens is 406 g/mol. The molecule has 0 spiro atoms. The molecular formula is C25H27N3O2S. The third-order valence-corrected chi connectivity index (χ3v) is 5.97. The Balaban J connectivity index is 1.36. The highest BCUT2D eigenvalue weighted by Crippen LogP contribution is 2.31. The first-order chi connectivity index (χ1) is 19.1. The number of thiophene rings is 1. The van der Waals surface area contributed by atoms with Crippen molar-refractivity contribution >= 4 is 38.0 Å². The number of aromatic amines is 1. The molecule has 1 aliphatic rings. The molecule has 160 valence electrons. The van der Waals surface area contributed by atoms with Gasteiger partial charge in [-0.05, 0) is 66.4 Å². The van der Waals surface area contributed by atoms with Crippen molar-refractivity contribution in [1.29, 1.82) is 0 Å². The van der Waals surface area contributed by atoms with E-state index in [1.54, 1.807) is 6.07 Å². The maximum absolute atomic E-state index is 11.7. The van der Waals surface area contributed by atoms with Gasteiger partial charge < -0.3 is 14.6 Å². The monoisotopic (exact) mass is 443 g/mol. The van der Waals surface area contributed by atoms with Crippen LogP contribution in [0.3, 0.4) is 0 Å². The van der Waals surface area contributed by atoms with Gasteiger partial charge in [0.2, 0.25) is 5.56 Å². The number of pyridine rings is 1. The van der Waals surface area contributed by atoms with E-state index in [2.05, 4.69) is 4.98 Å². The van der Waals surface area contributed by atoms with E-state index in [0.29, 0.717) is 16.6 Å². The number of H-pyrrole nitrogens is 1. The minimum atomic E-state index is -3.47. The molecule has 31 heavy (non-hydrogen) atoms. The van der Waals surface area contributed by atoms with Gasteiger partial charge in [-0.1, -0.05) is 6.07 Å². The number of hydrogen-bond donors (Lipinski definition) is 1. The van der Waals surface area contributed by atoms with Gasteiger partial charge in [-0.15, -0.1) is 11.3 Å². The fourth-order valence-electron chi connectivity index (χ4n) is 3.57. The summed E-state index contributed by atoms with van der Waals surface area (Å²) in [7, 11) is 0. The van der Waals surface area contributed by atoms with E-state index >= 15 is 0 Å². The molecule has 3 heterocycles. The van der Waals surface area contributed by atoms with Crippen molar-refractivity contribution < 1.29 is 18.4 Å². The SMILES string of the molecule is [2H]c1cc([2H])c2sccc2c1N1CCN(C([2H])([2H])C([2H])([2H])C([2H])([2H])C([2H])([2H])Oc2ccc3ccc(=O)[nH]c3c2)CC1. The van der Waals surface area contributed by atoms with E-state index in [1.807, 2.05) is 16.3 Å². The summed E-state index contributed by atoms with van der Waals surface area (Å²) in [6, 6.07) is 10.8. The van der Waals surface area contributed by atoms with Crippen molar-refractivity contribution in [1.82, 2.24) is 9.88 Å². The van der Waals surface area contributed by atoms with E-state index in [0.717, 1.165) is 15.0 Å². The molecule has 6 heteroatoms. The molecule has 0 saturated carbocycles. The number of nitrogens with zero attached hydrogens (tertiary/aromatic N) is 2. The van der Waals surface area contributed by atoms with Crippen LogP contribution in [0.4, 0.5) is 5.69 Å². The number of fused-ring (bicyclic) bond motifs is 2. The van der Waals surface area contributed by atoms with E-state index in [4.69, 9.17) is 18.4 Å². The van der Waals surface area contributed by atoms with Crippen LogP contribution < -0.4 is 15.2 Å². The molecule has 0 aliphatic carbocycles. The molecule has 5 rings (SSSR count). The summed E-state index contributed by atoms with van der Waals surface area (Å²) < 4.78 is 90.6. The summed E-state index contributed by atoms with van der Waals surface area (Å²) >= 11 is 1.39. The molecule has 2 aromatic heterocycles. The Bertz CT molecular complexity index is 1660. The van der Waals surface area contributed by atoms with E-state index < -0.39 is 31.4 Å². The van der Waals surface area contributed by atoms with Gasteiger partial charge in [0.05, 0.1) is 17.6 Å². The van der Waals surface area contributed by atoms with Gasteiger partial charge in [0.25, 0.3) is 0 Å². The molecule has 2 aromatic carbocycles. The van der Waals surface area contributed by atoms with Crippen LogP contribution in [0.2, 0.25) is 0 Å². The van der Waals surface area contributed by atoms with Gasteiger partial charge in [-0.2, -0.15) is 0 Å². The molecule has 0 bridgehead atoms. The number of hydrogen-bond acceptors (Lipinski definition) is 5. The van der Waals surface area contributed by atoms with Crippen LogP contribution >= 0.6 is 11.3 Å². The lowest BCUT2D eigenvalue weighted by Gasteiger charge is -2.36. The smallest absolute Gasteiger partial charge is 0.248 e. The predicted molar refractivity (Wildman–Crippen MR) is 130 cm³/mol. The Morgan fingerprint density at radius 2 is 1.97 bits per heavy atom. The fourth-order valence-corrected chi connectivity index (χ4v) is 4.33. The molecule has 5 nitrogen and oxygen atoms in total.